The summed E-state index contributed by atoms with van der Waals surface area (Å²) >= 11 is 0. The van der Waals surface area contributed by atoms with Gasteiger partial charge in [-0.25, -0.2) is 13.7 Å². The molecule has 21 heteroatoms. The zero-order valence-corrected chi connectivity index (χ0v) is 41.7. The molecule has 0 bridgehead atoms. The monoisotopic (exact) mass is 857 g/mol. The van der Waals surface area contributed by atoms with Crippen molar-refractivity contribution in [2.75, 3.05) is 119 Å². The van der Waals surface area contributed by atoms with Crippen LogP contribution in [0.15, 0.2) is 0 Å². The molecule has 0 spiro atoms. The Balaban J connectivity index is -0.0000000390. The summed E-state index contributed by atoms with van der Waals surface area (Å²) in [6.07, 6.45) is 2.83. The van der Waals surface area contributed by atoms with Crippen LogP contribution in [-0.4, -0.2) is 186 Å². The molecule has 0 heterocycles. The first-order valence-electron chi connectivity index (χ1n) is 16.9. The highest BCUT2D eigenvalue weighted by molar-refractivity contribution is 7.82. The summed E-state index contributed by atoms with van der Waals surface area (Å²) in [6, 6.07) is -0.157. The SMILES string of the molecule is CC(=O)N(C)C.CC(=O)N(C)C.CC(C)=O.CCC.CN(C)C.CNC(=O)NC.CNC(C)=O.CNC(C)=O.CNS(C)=O.COC.COC(C)=O.COC(C)=O. The number of hydrogen-bond acceptors (Lipinski definition) is 13. The van der Waals surface area contributed by atoms with Gasteiger partial charge in [0.25, 0.3) is 0 Å². The summed E-state index contributed by atoms with van der Waals surface area (Å²) in [5.41, 5.74) is 0. The summed E-state index contributed by atoms with van der Waals surface area (Å²) in [6.45, 7) is 16.0. The Morgan fingerprint density at radius 1 is 0.509 bits per heavy atom. The van der Waals surface area contributed by atoms with Gasteiger partial charge in [0, 0.05) is 118 Å². The van der Waals surface area contributed by atoms with Crippen LogP contribution >= 0.6 is 0 Å². The van der Waals surface area contributed by atoms with Crippen LogP contribution in [0.3, 0.4) is 0 Å². The van der Waals surface area contributed by atoms with E-state index in [0.29, 0.717) is 0 Å². The number of esters is 2. The van der Waals surface area contributed by atoms with Crippen molar-refractivity contribution in [3.63, 3.8) is 0 Å². The van der Waals surface area contributed by atoms with Crippen LogP contribution in [0, 0.1) is 0 Å². The maximum Gasteiger partial charge on any atom is 0.314 e. The van der Waals surface area contributed by atoms with Crippen LogP contribution in [0.25, 0.3) is 0 Å². The minimum Gasteiger partial charge on any atom is -0.469 e. The highest BCUT2D eigenvalue weighted by atomic mass is 32.2. The molecule has 0 aliphatic heterocycles. The Hall–Kier alpha value is -4.21. The number of nitrogens with one attached hydrogen (secondary N) is 5. The van der Waals surface area contributed by atoms with E-state index in [1.54, 1.807) is 83.9 Å². The van der Waals surface area contributed by atoms with Crippen LogP contribution in [0.2, 0.25) is 0 Å². The van der Waals surface area contributed by atoms with Gasteiger partial charge in [-0.15, -0.1) is 0 Å². The van der Waals surface area contributed by atoms with Crippen molar-refractivity contribution in [2.24, 2.45) is 0 Å². The average Bonchev–Trinajstić information content (AvgIpc) is 3.09. The molecule has 0 saturated heterocycles. The lowest BCUT2D eigenvalue weighted by Crippen LogP contribution is -2.28. The number of ether oxygens (including phenoxy) is 3. The topological polar surface area (TPSA) is 251 Å². The minimum atomic E-state index is -0.823. The molecule has 0 aromatic heterocycles. The molecule has 0 aliphatic carbocycles. The zero-order chi connectivity index (χ0) is 49.3. The Kier molecular flexibility index (Phi) is 120. The van der Waals surface area contributed by atoms with E-state index in [2.05, 4.69) is 54.0 Å². The largest absolute Gasteiger partial charge is 0.469 e. The number of Topliss-reactive ketones (excluding diaryl/α,β-unsaturated/α-hetero) is 1. The quantitative estimate of drug-likeness (QED) is 0.235. The number of nitrogens with zero attached hydrogens (tertiary/aromatic N) is 3. The highest BCUT2D eigenvalue weighted by Crippen LogP contribution is 1.70. The maximum absolute atomic E-state index is 10.1. The van der Waals surface area contributed by atoms with Crippen molar-refractivity contribution in [1.29, 1.82) is 0 Å². The second kappa shape index (κ2) is 80.3. The molecular weight excluding hydrogens is 769 g/mol. The fraction of sp³-hybridized carbons (Fsp3) is 0.778. The first kappa shape index (κ1) is 85.1. The van der Waals surface area contributed by atoms with E-state index in [-0.39, 0.29) is 47.4 Å². The summed E-state index contributed by atoms with van der Waals surface area (Å²) in [5.74, 6) is -0.130. The molecule has 0 aromatic carbocycles. The molecular formula is C36H88N8O12S. The number of methoxy groups -OCH3 is 3. The molecule has 57 heavy (non-hydrogen) atoms. The van der Waals surface area contributed by atoms with Crippen molar-refractivity contribution < 1.29 is 56.8 Å². The van der Waals surface area contributed by atoms with Gasteiger partial charge in [-0.05, 0) is 42.0 Å². The zero-order valence-electron chi connectivity index (χ0n) is 40.9. The predicted octanol–water partition coefficient (Wildman–Crippen LogP) is 1.55. The van der Waals surface area contributed by atoms with E-state index in [9.17, 15) is 42.6 Å². The van der Waals surface area contributed by atoms with Crippen molar-refractivity contribution >= 4 is 58.4 Å². The standard InChI is InChI=1S/2C4H9NO.C3H8N2O.2C3H7NO.C3H9N.2C3H6O2.C3H6O.C3H8.C2H7NOS.C2H6O/c2*1-4(6)5(2)3;1-4-3(6)5-2;2*1-3(5)4-2;1-4(2)3;2*1-3(4)5-2;1-3(2)4;1-3-2;1-3-5(2)4;1-3-2/h2*1-3H3;1-2H3,(H2,4,5,6);2*1-2H3,(H,4,5);1-3H3;2*1-2H3;1-2H3;3H2,1-2H3;3H,1-2H3;1-2H3. The van der Waals surface area contributed by atoms with Crippen molar-refractivity contribution in [1.82, 2.24) is 40.7 Å². The molecule has 350 valence electrons. The van der Waals surface area contributed by atoms with Crippen LogP contribution in [0.1, 0.15) is 75.7 Å². The molecule has 0 saturated carbocycles. The van der Waals surface area contributed by atoms with Gasteiger partial charge in [-0.3, -0.25) is 28.8 Å². The molecule has 1 atom stereocenters. The van der Waals surface area contributed by atoms with E-state index in [1.807, 2.05) is 26.0 Å². The van der Waals surface area contributed by atoms with Crippen LogP contribution in [-0.2, 0) is 58.8 Å². The lowest BCUT2D eigenvalue weighted by Gasteiger charge is -2.02. The van der Waals surface area contributed by atoms with Crippen LogP contribution < -0.4 is 26.0 Å². The van der Waals surface area contributed by atoms with Crippen LogP contribution in [0.5, 0.6) is 0 Å². The third-order valence-electron chi connectivity index (χ3n) is 3.28. The smallest absolute Gasteiger partial charge is 0.314 e. The van der Waals surface area contributed by atoms with Crippen molar-refractivity contribution in [3.8, 4) is 0 Å². The highest BCUT2D eigenvalue weighted by Gasteiger charge is 1.88. The molecule has 1 unspecified atom stereocenters. The Bertz CT molecular complexity index is 809. The third kappa shape index (κ3) is 406. The second-order valence-corrected chi connectivity index (χ2v) is 12.0. The normalized spacial score (nSPS) is 7.79. The van der Waals surface area contributed by atoms with E-state index in [1.165, 1.54) is 85.8 Å². The molecule has 0 aliphatic rings. The summed E-state index contributed by atoms with van der Waals surface area (Å²) < 4.78 is 24.8. The number of carbonyl (C=O) groups is 8. The van der Waals surface area contributed by atoms with E-state index >= 15 is 0 Å². The lowest BCUT2D eigenvalue weighted by atomic mass is 10.6. The first-order valence-corrected chi connectivity index (χ1v) is 18.5. The number of hydrogen-bond donors (Lipinski definition) is 5. The lowest BCUT2D eigenvalue weighted by molar-refractivity contribution is -0.138. The first-order chi connectivity index (χ1) is 25.7. The van der Waals surface area contributed by atoms with Gasteiger partial charge in [-0.2, -0.15) is 0 Å². The van der Waals surface area contributed by atoms with E-state index in [4.69, 9.17) is 0 Å². The molecule has 20 nitrogen and oxygen atoms in total. The molecule has 0 fully saturated rings. The molecule has 6 amide bonds. The predicted molar refractivity (Wildman–Crippen MR) is 235 cm³/mol. The summed E-state index contributed by atoms with van der Waals surface area (Å²) in [5, 5.41) is 9.51. The van der Waals surface area contributed by atoms with Gasteiger partial charge >= 0.3 is 18.0 Å². The van der Waals surface area contributed by atoms with Gasteiger partial charge in [0.1, 0.15) is 5.78 Å². The summed E-state index contributed by atoms with van der Waals surface area (Å²) in [7, 11) is 26.0. The van der Waals surface area contributed by atoms with Crippen LogP contribution in [0.4, 0.5) is 4.79 Å². The Morgan fingerprint density at radius 3 is 0.614 bits per heavy atom. The number of carbonyl (C=O) groups excluding carboxylic acids is 8. The second-order valence-electron chi connectivity index (χ2n) is 10.7. The fourth-order valence-corrected chi connectivity index (χ4v) is 0.125. The van der Waals surface area contributed by atoms with Gasteiger partial charge in [0.2, 0.25) is 23.6 Å². The average molecular weight is 857 g/mol. The number of ketones is 1. The molecule has 0 rings (SSSR count). The van der Waals surface area contributed by atoms with Gasteiger partial charge in [0.05, 0.1) is 25.2 Å². The third-order valence-corrected chi connectivity index (χ3v) is 3.86. The number of urea groups is 1. The van der Waals surface area contributed by atoms with Crippen molar-refractivity contribution in [3.05, 3.63) is 0 Å². The Morgan fingerprint density at radius 2 is 0.614 bits per heavy atom. The maximum atomic E-state index is 10.1. The number of rotatable bonds is 1. The fourth-order valence-electron chi connectivity index (χ4n) is 0.125. The number of amides is 6. The Labute approximate surface area is 350 Å². The molecule has 0 radical (unpaired) electrons. The van der Waals surface area contributed by atoms with Gasteiger partial charge in [-0.1, -0.05) is 20.3 Å². The van der Waals surface area contributed by atoms with E-state index in [0.717, 1.165) is 0 Å². The van der Waals surface area contributed by atoms with Gasteiger partial charge < -0.3 is 55.0 Å². The van der Waals surface area contributed by atoms with Crippen molar-refractivity contribution in [2.45, 2.75) is 75.7 Å². The van der Waals surface area contributed by atoms with Gasteiger partial charge in [0.15, 0.2) is 0 Å². The minimum absolute atomic E-state index is 0.00463. The molecule has 0 aromatic rings. The molecule has 5 N–H and O–H groups in total. The summed E-state index contributed by atoms with van der Waals surface area (Å²) in [4.78, 5) is 83.2. The van der Waals surface area contributed by atoms with E-state index < -0.39 is 11.0 Å².